The topological polar surface area (TPSA) is 36.7 Å². The summed E-state index contributed by atoms with van der Waals surface area (Å²) in [4.78, 5) is 3.78. The van der Waals surface area contributed by atoms with Gasteiger partial charge in [-0.05, 0) is 41.1 Å². The average Bonchev–Trinajstić information content (AvgIpc) is 2.10. The minimum absolute atomic E-state index is 0.204. The summed E-state index contributed by atoms with van der Waals surface area (Å²) in [6.07, 6.45) is -2.35. The number of rotatable bonds is 2. The second-order valence-electron chi connectivity index (χ2n) is 2.74. The molecule has 1 heterocycles. The van der Waals surface area contributed by atoms with Gasteiger partial charge < -0.3 is 0 Å². The molecule has 14 heavy (non-hydrogen) atoms. The van der Waals surface area contributed by atoms with Gasteiger partial charge in [-0.1, -0.05) is 0 Å². The van der Waals surface area contributed by atoms with Crippen LogP contribution in [0.5, 0.6) is 0 Å². The molecule has 1 aromatic rings. The minimum atomic E-state index is -2.56. The molecule has 0 aromatic carbocycles. The number of pyridine rings is 1. The number of hydrogen-bond donors (Lipinski definition) is 0. The predicted molar refractivity (Wildman–Crippen MR) is 56.0 cm³/mol. The Hall–Kier alpha value is -0.770. The molecule has 0 bridgehead atoms. The van der Waals surface area contributed by atoms with Crippen LogP contribution in [0.4, 0.5) is 8.78 Å². The molecule has 0 unspecified atom stereocenters. The van der Waals surface area contributed by atoms with E-state index in [-0.39, 0.29) is 12.1 Å². The van der Waals surface area contributed by atoms with Crippen LogP contribution in [0.3, 0.4) is 0 Å². The van der Waals surface area contributed by atoms with Crippen molar-refractivity contribution >= 4 is 22.6 Å². The third-order valence-corrected chi connectivity index (χ3v) is 2.64. The van der Waals surface area contributed by atoms with Gasteiger partial charge in [0.25, 0.3) is 6.43 Å². The Morgan fingerprint density at radius 2 is 2.29 bits per heavy atom. The van der Waals surface area contributed by atoms with Gasteiger partial charge in [-0.2, -0.15) is 5.26 Å². The molecule has 0 fully saturated rings. The molecule has 0 spiro atoms. The Morgan fingerprint density at radius 1 is 1.64 bits per heavy atom. The quantitative estimate of drug-likeness (QED) is 0.788. The van der Waals surface area contributed by atoms with Crippen LogP contribution >= 0.6 is 22.6 Å². The Kier molecular flexibility index (Phi) is 3.75. The summed E-state index contributed by atoms with van der Waals surface area (Å²) in [7, 11) is 0. The van der Waals surface area contributed by atoms with Crippen molar-refractivity contribution in [3.05, 3.63) is 26.6 Å². The summed E-state index contributed by atoms with van der Waals surface area (Å²) in [5, 5.41) is 8.49. The number of nitrogens with zero attached hydrogens (tertiary/aromatic N) is 2. The Labute approximate surface area is 94.1 Å². The van der Waals surface area contributed by atoms with E-state index in [4.69, 9.17) is 5.26 Å². The molecule has 0 radical (unpaired) electrons. The van der Waals surface area contributed by atoms with E-state index in [2.05, 4.69) is 4.98 Å². The second-order valence-corrected chi connectivity index (χ2v) is 3.90. The van der Waals surface area contributed by atoms with E-state index in [0.29, 0.717) is 14.8 Å². The van der Waals surface area contributed by atoms with E-state index in [1.807, 2.05) is 6.07 Å². The Balaban J connectivity index is 3.18. The average molecular weight is 308 g/mol. The predicted octanol–water partition coefficient (Wildman–Crippen LogP) is 3.00. The van der Waals surface area contributed by atoms with Crippen LogP contribution in [0.25, 0.3) is 0 Å². The van der Waals surface area contributed by atoms with Crippen molar-refractivity contribution < 1.29 is 8.78 Å². The van der Waals surface area contributed by atoms with E-state index in [1.54, 1.807) is 35.6 Å². The fraction of sp³-hybridized carbons (Fsp3) is 0.333. The fourth-order valence-corrected chi connectivity index (χ4v) is 1.79. The van der Waals surface area contributed by atoms with Crippen LogP contribution in [0.2, 0.25) is 0 Å². The van der Waals surface area contributed by atoms with Gasteiger partial charge in [0.1, 0.15) is 5.69 Å². The highest BCUT2D eigenvalue weighted by atomic mass is 127. The zero-order valence-electron chi connectivity index (χ0n) is 7.39. The standard InChI is InChI=1S/C9H7F2IN2/c1-5-6(2-3-13)4-7(12)8(14-5)9(10)11/h4,9H,2H2,1H3. The Bertz CT molecular complexity index is 385. The van der Waals surface area contributed by atoms with Gasteiger partial charge in [-0.3, -0.25) is 4.98 Å². The summed E-state index contributed by atoms with van der Waals surface area (Å²) >= 11 is 1.81. The number of hydrogen-bond acceptors (Lipinski definition) is 2. The number of aromatic nitrogens is 1. The Morgan fingerprint density at radius 3 is 2.79 bits per heavy atom. The van der Waals surface area contributed by atoms with Crippen LogP contribution in [0.15, 0.2) is 6.07 Å². The molecule has 5 heteroatoms. The number of halogens is 3. The van der Waals surface area contributed by atoms with Crippen molar-refractivity contribution in [2.45, 2.75) is 19.8 Å². The number of alkyl halides is 2. The van der Waals surface area contributed by atoms with Gasteiger partial charge >= 0.3 is 0 Å². The van der Waals surface area contributed by atoms with Crippen molar-refractivity contribution in [1.29, 1.82) is 5.26 Å². The van der Waals surface area contributed by atoms with E-state index < -0.39 is 6.43 Å². The maximum Gasteiger partial charge on any atom is 0.281 e. The highest BCUT2D eigenvalue weighted by Crippen LogP contribution is 2.24. The van der Waals surface area contributed by atoms with Gasteiger partial charge in [-0.15, -0.1) is 0 Å². The van der Waals surface area contributed by atoms with Crippen LogP contribution in [-0.2, 0) is 6.42 Å². The SMILES string of the molecule is Cc1nc(C(F)F)c(I)cc1CC#N. The van der Waals surface area contributed by atoms with E-state index in [9.17, 15) is 8.78 Å². The first-order chi connectivity index (χ1) is 6.56. The van der Waals surface area contributed by atoms with Crippen molar-refractivity contribution in [3.63, 3.8) is 0 Å². The zero-order valence-corrected chi connectivity index (χ0v) is 9.55. The summed E-state index contributed by atoms with van der Waals surface area (Å²) in [6.45, 7) is 1.63. The maximum absolute atomic E-state index is 12.4. The molecule has 1 aromatic heterocycles. The first kappa shape index (κ1) is 11.3. The highest BCUT2D eigenvalue weighted by molar-refractivity contribution is 14.1. The van der Waals surface area contributed by atoms with Crippen LogP contribution in [0, 0.1) is 21.8 Å². The van der Waals surface area contributed by atoms with Crippen molar-refractivity contribution in [2.75, 3.05) is 0 Å². The summed E-state index contributed by atoms with van der Waals surface area (Å²) in [5.41, 5.74) is 1.01. The lowest BCUT2D eigenvalue weighted by Gasteiger charge is -2.07. The molecule has 0 aliphatic rings. The number of aryl methyl sites for hydroxylation is 1. The van der Waals surface area contributed by atoms with E-state index in [1.165, 1.54) is 0 Å². The van der Waals surface area contributed by atoms with Crippen LogP contribution < -0.4 is 0 Å². The molecular weight excluding hydrogens is 301 g/mol. The molecule has 1 rings (SSSR count). The summed E-state index contributed by atoms with van der Waals surface area (Å²) in [5.74, 6) is 0. The molecule has 0 aliphatic heterocycles. The van der Waals surface area contributed by atoms with Gasteiger partial charge in [0, 0.05) is 9.26 Å². The van der Waals surface area contributed by atoms with Gasteiger partial charge in [0.05, 0.1) is 12.5 Å². The zero-order chi connectivity index (χ0) is 10.7. The molecule has 0 saturated heterocycles. The first-order valence-corrected chi connectivity index (χ1v) is 4.95. The molecule has 74 valence electrons. The fourth-order valence-electron chi connectivity index (χ4n) is 1.05. The first-order valence-electron chi connectivity index (χ1n) is 3.87. The second kappa shape index (κ2) is 4.64. The highest BCUT2D eigenvalue weighted by Gasteiger charge is 2.15. The number of nitriles is 1. The van der Waals surface area contributed by atoms with Gasteiger partial charge in [-0.25, -0.2) is 8.78 Å². The molecule has 0 N–H and O–H groups in total. The lowest BCUT2D eigenvalue weighted by molar-refractivity contribution is 0.145. The molecular formula is C9H7F2IN2. The van der Waals surface area contributed by atoms with E-state index >= 15 is 0 Å². The van der Waals surface area contributed by atoms with Crippen LogP contribution in [-0.4, -0.2) is 4.98 Å². The third-order valence-electron chi connectivity index (χ3n) is 1.77. The molecule has 0 saturated carbocycles. The van der Waals surface area contributed by atoms with Crippen LogP contribution in [0.1, 0.15) is 23.4 Å². The largest absolute Gasteiger partial charge is 0.281 e. The monoisotopic (exact) mass is 308 g/mol. The lowest BCUT2D eigenvalue weighted by atomic mass is 10.1. The summed E-state index contributed by atoms with van der Waals surface area (Å²) in [6, 6.07) is 3.56. The summed E-state index contributed by atoms with van der Waals surface area (Å²) < 4.78 is 25.2. The molecule has 0 aliphatic carbocycles. The van der Waals surface area contributed by atoms with Gasteiger partial charge in [0.2, 0.25) is 0 Å². The normalized spacial score (nSPS) is 10.3. The molecule has 0 amide bonds. The third kappa shape index (κ3) is 2.38. The van der Waals surface area contributed by atoms with Crippen molar-refractivity contribution in [1.82, 2.24) is 4.98 Å². The minimum Gasteiger partial charge on any atom is -0.251 e. The van der Waals surface area contributed by atoms with E-state index in [0.717, 1.165) is 0 Å². The molecule has 2 nitrogen and oxygen atoms in total. The smallest absolute Gasteiger partial charge is 0.251 e. The van der Waals surface area contributed by atoms with Crippen molar-refractivity contribution in [2.24, 2.45) is 0 Å². The van der Waals surface area contributed by atoms with Gasteiger partial charge in [0.15, 0.2) is 0 Å². The molecule has 0 atom stereocenters. The van der Waals surface area contributed by atoms with Crippen molar-refractivity contribution in [3.8, 4) is 6.07 Å². The lowest BCUT2D eigenvalue weighted by Crippen LogP contribution is -2.01. The maximum atomic E-state index is 12.4.